The van der Waals surface area contributed by atoms with Gasteiger partial charge in [0, 0.05) is 18.0 Å². The number of furan rings is 1. The maximum absolute atomic E-state index is 12.8. The summed E-state index contributed by atoms with van der Waals surface area (Å²) < 4.78 is 23.9. The van der Waals surface area contributed by atoms with Crippen molar-refractivity contribution in [1.82, 2.24) is 4.98 Å². The van der Waals surface area contributed by atoms with Crippen LogP contribution in [-0.4, -0.2) is 10.8 Å². The largest absolute Gasteiger partial charge is 0.486 e. The number of nitrogens with zero attached hydrogens (tertiary/aromatic N) is 1. The number of pyridine rings is 1. The zero-order valence-electron chi connectivity index (χ0n) is 12.7. The standard InChI is InChI=1S/C19H14FNO3/c20-15-3-5-16(6-4-15)23-13-18-8-7-17(24-18)9-10-19(22)14-2-1-11-21-12-14/h1-12H,13H2/b10-9+. The van der Waals surface area contributed by atoms with E-state index in [0.29, 0.717) is 22.8 Å². The molecular weight excluding hydrogens is 309 g/mol. The second-order valence-corrected chi connectivity index (χ2v) is 4.99. The monoisotopic (exact) mass is 323 g/mol. The van der Waals surface area contributed by atoms with Gasteiger partial charge >= 0.3 is 0 Å². The third kappa shape index (κ3) is 4.16. The van der Waals surface area contributed by atoms with Crippen LogP contribution in [-0.2, 0) is 6.61 Å². The highest BCUT2D eigenvalue weighted by molar-refractivity contribution is 6.06. The molecule has 0 amide bonds. The van der Waals surface area contributed by atoms with E-state index >= 15 is 0 Å². The van der Waals surface area contributed by atoms with Crippen molar-refractivity contribution in [2.45, 2.75) is 6.61 Å². The molecule has 5 heteroatoms. The zero-order valence-corrected chi connectivity index (χ0v) is 12.7. The van der Waals surface area contributed by atoms with Crippen molar-refractivity contribution in [3.63, 3.8) is 0 Å². The summed E-state index contributed by atoms with van der Waals surface area (Å²) in [6.45, 7) is 0.218. The first kappa shape index (κ1) is 15.7. The van der Waals surface area contributed by atoms with Crippen LogP contribution in [0.15, 0.2) is 71.4 Å². The van der Waals surface area contributed by atoms with Gasteiger partial charge in [-0.2, -0.15) is 0 Å². The van der Waals surface area contributed by atoms with Crippen LogP contribution in [0.5, 0.6) is 5.75 Å². The van der Waals surface area contributed by atoms with Crippen molar-refractivity contribution >= 4 is 11.9 Å². The number of ketones is 1. The van der Waals surface area contributed by atoms with Gasteiger partial charge in [-0.3, -0.25) is 9.78 Å². The number of rotatable bonds is 6. The predicted octanol–water partition coefficient (Wildman–Crippen LogP) is 4.29. The predicted molar refractivity (Wildman–Crippen MR) is 87.0 cm³/mol. The summed E-state index contributed by atoms with van der Waals surface area (Å²) in [7, 11) is 0. The Morgan fingerprint density at radius 2 is 2.00 bits per heavy atom. The fourth-order valence-corrected chi connectivity index (χ4v) is 2.01. The zero-order chi connectivity index (χ0) is 16.8. The van der Waals surface area contributed by atoms with Crippen LogP contribution >= 0.6 is 0 Å². The van der Waals surface area contributed by atoms with Gasteiger partial charge in [-0.05, 0) is 60.7 Å². The Kier molecular flexibility index (Phi) is 4.81. The van der Waals surface area contributed by atoms with Gasteiger partial charge in [0.2, 0.25) is 0 Å². The van der Waals surface area contributed by atoms with E-state index in [1.54, 1.807) is 48.7 Å². The lowest BCUT2D eigenvalue weighted by Gasteiger charge is -2.03. The van der Waals surface area contributed by atoms with Gasteiger partial charge < -0.3 is 9.15 Å². The van der Waals surface area contributed by atoms with E-state index in [1.807, 2.05) is 0 Å². The van der Waals surface area contributed by atoms with Crippen molar-refractivity contribution in [1.29, 1.82) is 0 Å². The molecule has 0 aliphatic rings. The Hall–Kier alpha value is -3.21. The number of aromatic nitrogens is 1. The van der Waals surface area contributed by atoms with E-state index in [1.165, 1.54) is 24.4 Å². The number of carbonyl (C=O) groups excluding carboxylic acids is 1. The summed E-state index contributed by atoms with van der Waals surface area (Å²) in [4.78, 5) is 15.8. The van der Waals surface area contributed by atoms with Gasteiger partial charge in [0.15, 0.2) is 5.78 Å². The molecule has 0 N–H and O–H groups in total. The molecule has 0 radical (unpaired) electrons. The molecule has 0 unspecified atom stereocenters. The average Bonchev–Trinajstić information content (AvgIpc) is 3.08. The minimum atomic E-state index is -0.314. The smallest absolute Gasteiger partial charge is 0.187 e. The number of carbonyl (C=O) groups is 1. The Morgan fingerprint density at radius 3 is 2.75 bits per heavy atom. The number of hydrogen-bond donors (Lipinski definition) is 0. The first-order chi connectivity index (χ1) is 11.7. The lowest BCUT2D eigenvalue weighted by molar-refractivity contribution is 0.104. The van der Waals surface area contributed by atoms with Crippen LogP contribution in [0.3, 0.4) is 0 Å². The summed E-state index contributed by atoms with van der Waals surface area (Å²) in [5.41, 5.74) is 0.514. The third-order valence-corrected chi connectivity index (χ3v) is 3.22. The van der Waals surface area contributed by atoms with Gasteiger partial charge in [-0.25, -0.2) is 4.39 Å². The van der Waals surface area contributed by atoms with E-state index in [4.69, 9.17) is 9.15 Å². The summed E-state index contributed by atoms with van der Waals surface area (Å²) in [6, 6.07) is 12.7. The molecule has 0 saturated heterocycles. The van der Waals surface area contributed by atoms with E-state index in [0.717, 1.165) is 0 Å². The lowest BCUT2D eigenvalue weighted by Crippen LogP contribution is -1.94. The van der Waals surface area contributed by atoms with Crippen molar-refractivity contribution in [3.05, 3.63) is 89.9 Å². The van der Waals surface area contributed by atoms with Crippen LogP contribution in [0.4, 0.5) is 4.39 Å². The number of halogens is 1. The van der Waals surface area contributed by atoms with E-state index in [2.05, 4.69) is 4.98 Å². The highest BCUT2D eigenvalue weighted by Gasteiger charge is 2.04. The van der Waals surface area contributed by atoms with Gasteiger partial charge in [-0.1, -0.05) is 0 Å². The fourth-order valence-electron chi connectivity index (χ4n) is 2.01. The summed E-state index contributed by atoms with van der Waals surface area (Å²) in [5, 5.41) is 0. The van der Waals surface area contributed by atoms with Crippen LogP contribution in [0, 0.1) is 5.82 Å². The molecule has 0 spiro atoms. The van der Waals surface area contributed by atoms with Crippen LogP contribution in [0.2, 0.25) is 0 Å². The summed E-state index contributed by atoms with van der Waals surface area (Å²) >= 11 is 0. The van der Waals surface area contributed by atoms with Gasteiger partial charge in [0.05, 0.1) is 0 Å². The molecule has 0 aliphatic heterocycles. The molecule has 2 heterocycles. The van der Waals surface area contributed by atoms with Crippen LogP contribution in [0.1, 0.15) is 21.9 Å². The maximum atomic E-state index is 12.8. The highest BCUT2D eigenvalue weighted by atomic mass is 19.1. The highest BCUT2D eigenvalue weighted by Crippen LogP contribution is 2.16. The number of ether oxygens (including phenoxy) is 1. The number of benzene rings is 1. The topological polar surface area (TPSA) is 52.3 Å². The van der Waals surface area contributed by atoms with E-state index in [9.17, 15) is 9.18 Å². The molecule has 0 atom stereocenters. The summed E-state index contributed by atoms with van der Waals surface area (Å²) in [5.74, 6) is 1.24. The first-order valence-corrected chi connectivity index (χ1v) is 7.30. The Balaban J connectivity index is 1.58. The van der Waals surface area contributed by atoms with Gasteiger partial charge in [0.1, 0.15) is 29.7 Å². The molecule has 24 heavy (non-hydrogen) atoms. The minimum absolute atomic E-state index is 0.149. The molecule has 0 fully saturated rings. The molecule has 3 aromatic rings. The lowest BCUT2D eigenvalue weighted by atomic mass is 10.2. The molecule has 1 aromatic carbocycles. The van der Waals surface area contributed by atoms with Gasteiger partial charge in [0.25, 0.3) is 0 Å². The first-order valence-electron chi connectivity index (χ1n) is 7.30. The molecule has 0 saturated carbocycles. The molecule has 2 aromatic heterocycles. The fraction of sp³-hybridized carbons (Fsp3) is 0.0526. The Bertz CT molecular complexity index is 839. The van der Waals surface area contributed by atoms with Crippen molar-refractivity contribution in [2.75, 3.05) is 0 Å². The van der Waals surface area contributed by atoms with Crippen molar-refractivity contribution in [2.24, 2.45) is 0 Å². The SMILES string of the molecule is O=C(/C=C/c1ccc(COc2ccc(F)cc2)o1)c1cccnc1. The second kappa shape index (κ2) is 7.37. The Morgan fingerprint density at radius 1 is 1.17 bits per heavy atom. The molecule has 4 nitrogen and oxygen atoms in total. The molecule has 0 aliphatic carbocycles. The van der Waals surface area contributed by atoms with Crippen molar-refractivity contribution < 1.29 is 18.3 Å². The normalized spacial score (nSPS) is 10.9. The van der Waals surface area contributed by atoms with Crippen LogP contribution in [0.25, 0.3) is 6.08 Å². The average molecular weight is 323 g/mol. The quantitative estimate of drug-likeness (QED) is 0.501. The third-order valence-electron chi connectivity index (χ3n) is 3.22. The van der Waals surface area contributed by atoms with E-state index in [-0.39, 0.29) is 18.2 Å². The van der Waals surface area contributed by atoms with Crippen molar-refractivity contribution in [3.8, 4) is 5.75 Å². The van der Waals surface area contributed by atoms with Gasteiger partial charge in [-0.15, -0.1) is 0 Å². The number of hydrogen-bond acceptors (Lipinski definition) is 4. The maximum Gasteiger partial charge on any atom is 0.187 e. The summed E-state index contributed by atoms with van der Waals surface area (Å²) in [6.07, 6.45) is 6.15. The molecular formula is C19H14FNO3. The Labute approximate surface area is 138 Å². The molecule has 120 valence electrons. The minimum Gasteiger partial charge on any atom is -0.486 e. The van der Waals surface area contributed by atoms with Crippen LogP contribution < -0.4 is 4.74 Å². The second-order valence-electron chi connectivity index (χ2n) is 4.99. The van der Waals surface area contributed by atoms with E-state index < -0.39 is 0 Å². The number of allylic oxidation sites excluding steroid dienone is 1. The molecule has 0 bridgehead atoms. The molecule has 3 rings (SSSR count).